The van der Waals surface area contributed by atoms with Crippen LogP contribution in [0, 0.1) is 0 Å². The van der Waals surface area contributed by atoms with Crippen LogP contribution in [-0.4, -0.2) is 38.3 Å². The molecule has 2 rings (SSSR count). The van der Waals surface area contributed by atoms with E-state index >= 15 is 0 Å². The van der Waals surface area contributed by atoms with E-state index in [4.69, 9.17) is 9.47 Å². The van der Waals surface area contributed by atoms with E-state index in [1.54, 1.807) is 7.11 Å². The fourth-order valence-corrected chi connectivity index (χ4v) is 1.93. The Balaban J connectivity index is 1.88. The zero-order chi connectivity index (χ0) is 11.2. The molecule has 0 radical (unpaired) electrons. The van der Waals surface area contributed by atoms with Crippen LogP contribution in [0.25, 0.3) is 0 Å². The van der Waals surface area contributed by atoms with Gasteiger partial charge in [-0.1, -0.05) is 24.3 Å². The zero-order valence-electron chi connectivity index (χ0n) is 9.82. The summed E-state index contributed by atoms with van der Waals surface area (Å²) in [5, 5.41) is 0. The molecule has 0 bridgehead atoms. The summed E-state index contributed by atoms with van der Waals surface area (Å²) in [6.45, 7) is 5.53. The van der Waals surface area contributed by atoms with E-state index in [1.807, 2.05) is 0 Å². The van der Waals surface area contributed by atoms with Crippen molar-refractivity contribution in [3.63, 3.8) is 0 Å². The molecule has 0 spiro atoms. The first-order valence-electron chi connectivity index (χ1n) is 5.75. The highest BCUT2D eigenvalue weighted by Gasteiger charge is 2.10. The molecule has 1 heterocycles. The van der Waals surface area contributed by atoms with Crippen LogP contribution in [0.15, 0.2) is 24.3 Å². The number of hydrogen-bond acceptors (Lipinski definition) is 3. The maximum Gasteiger partial charge on any atom is 0.0713 e. The average molecular weight is 221 g/mol. The molecule has 0 amide bonds. The monoisotopic (exact) mass is 221 g/mol. The summed E-state index contributed by atoms with van der Waals surface area (Å²) in [6.07, 6.45) is 0. The third-order valence-electron chi connectivity index (χ3n) is 2.84. The molecule has 1 aliphatic rings. The molecular formula is C13H19NO2. The number of hydrogen-bond donors (Lipinski definition) is 0. The van der Waals surface area contributed by atoms with Crippen LogP contribution in [0.4, 0.5) is 0 Å². The Kier molecular flexibility index (Phi) is 4.34. The van der Waals surface area contributed by atoms with Crippen LogP contribution in [0.2, 0.25) is 0 Å². The molecular weight excluding hydrogens is 202 g/mol. The van der Waals surface area contributed by atoms with Gasteiger partial charge in [0.15, 0.2) is 0 Å². The Morgan fingerprint density at radius 2 is 1.75 bits per heavy atom. The van der Waals surface area contributed by atoms with E-state index in [9.17, 15) is 0 Å². The summed E-state index contributed by atoms with van der Waals surface area (Å²) in [4.78, 5) is 2.43. The predicted molar refractivity (Wildman–Crippen MR) is 63.3 cm³/mol. The van der Waals surface area contributed by atoms with Crippen LogP contribution in [0.3, 0.4) is 0 Å². The fourth-order valence-electron chi connectivity index (χ4n) is 1.93. The smallest absolute Gasteiger partial charge is 0.0713 e. The van der Waals surface area contributed by atoms with Gasteiger partial charge < -0.3 is 9.47 Å². The Bertz CT molecular complexity index is 304. The third kappa shape index (κ3) is 3.30. The summed E-state index contributed by atoms with van der Waals surface area (Å²) < 4.78 is 10.4. The normalized spacial score (nSPS) is 17.6. The van der Waals surface area contributed by atoms with E-state index in [-0.39, 0.29) is 0 Å². The van der Waals surface area contributed by atoms with Crippen molar-refractivity contribution in [1.82, 2.24) is 4.90 Å². The number of methoxy groups -OCH3 is 1. The molecule has 1 fully saturated rings. The van der Waals surface area contributed by atoms with Gasteiger partial charge >= 0.3 is 0 Å². The first-order valence-corrected chi connectivity index (χ1v) is 5.75. The summed E-state index contributed by atoms with van der Waals surface area (Å²) in [7, 11) is 1.72. The second kappa shape index (κ2) is 5.99. The second-order valence-electron chi connectivity index (χ2n) is 4.14. The average Bonchev–Trinajstić information content (AvgIpc) is 2.33. The van der Waals surface area contributed by atoms with Gasteiger partial charge in [0, 0.05) is 26.7 Å². The van der Waals surface area contributed by atoms with E-state index in [1.165, 1.54) is 11.1 Å². The van der Waals surface area contributed by atoms with Crippen LogP contribution >= 0.6 is 0 Å². The third-order valence-corrected chi connectivity index (χ3v) is 2.84. The second-order valence-corrected chi connectivity index (χ2v) is 4.14. The maximum absolute atomic E-state index is 5.33. The van der Waals surface area contributed by atoms with E-state index in [0.29, 0.717) is 6.61 Å². The van der Waals surface area contributed by atoms with Gasteiger partial charge in [-0.05, 0) is 11.1 Å². The molecule has 1 aliphatic heterocycles. The molecule has 1 saturated heterocycles. The number of nitrogens with zero attached hydrogens (tertiary/aromatic N) is 1. The number of ether oxygens (including phenoxy) is 2. The SMILES string of the molecule is COCc1ccc(CN2CCOCC2)cc1. The zero-order valence-corrected chi connectivity index (χ0v) is 9.82. The largest absolute Gasteiger partial charge is 0.380 e. The van der Waals surface area contributed by atoms with Gasteiger partial charge in [-0.15, -0.1) is 0 Å². The van der Waals surface area contributed by atoms with E-state index < -0.39 is 0 Å². The lowest BCUT2D eigenvalue weighted by Crippen LogP contribution is -2.35. The van der Waals surface area contributed by atoms with Gasteiger partial charge in [-0.3, -0.25) is 4.90 Å². The molecule has 0 unspecified atom stereocenters. The van der Waals surface area contributed by atoms with E-state index in [0.717, 1.165) is 32.8 Å². The Morgan fingerprint density at radius 1 is 1.12 bits per heavy atom. The molecule has 0 saturated carbocycles. The fraction of sp³-hybridized carbons (Fsp3) is 0.538. The summed E-state index contributed by atoms with van der Waals surface area (Å²) in [5.74, 6) is 0. The van der Waals surface area contributed by atoms with Gasteiger partial charge in [0.25, 0.3) is 0 Å². The lowest BCUT2D eigenvalue weighted by Gasteiger charge is -2.26. The Hall–Kier alpha value is -0.900. The quantitative estimate of drug-likeness (QED) is 0.772. The minimum atomic E-state index is 0.692. The first kappa shape index (κ1) is 11.6. The molecule has 88 valence electrons. The van der Waals surface area contributed by atoms with Crippen molar-refractivity contribution in [3.8, 4) is 0 Å². The van der Waals surface area contributed by atoms with E-state index in [2.05, 4.69) is 29.2 Å². The summed E-state index contributed by atoms with van der Waals surface area (Å²) in [5.41, 5.74) is 2.59. The molecule has 0 aromatic heterocycles. The molecule has 1 aromatic carbocycles. The highest BCUT2D eigenvalue weighted by atomic mass is 16.5. The van der Waals surface area contributed by atoms with Crippen molar-refractivity contribution in [2.75, 3.05) is 33.4 Å². The summed E-state index contributed by atoms with van der Waals surface area (Å²) in [6, 6.07) is 8.65. The standard InChI is InChI=1S/C13H19NO2/c1-15-11-13-4-2-12(3-5-13)10-14-6-8-16-9-7-14/h2-5H,6-11H2,1H3. The van der Waals surface area contributed by atoms with Crippen molar-refractivity contribution < 1.29 is 9.47 Å². The van der Waals surface area contributed by atoms with Gasteiger partial charge in [0.2, 0.25) is 0 Å². The lowest BCUT2D eigenvalue weighted by molar-refractivity contribution is 0.0342. The minimum Gasteiger partial charge on any atom is -0.380 e. The molecule has 0 N–H and O–H groups in total. The van der Waals surface area contributed by atoms with Gasteiger partial charge in [0.05, 0.1) is 19.8 Å². The van der Waals surface area contributed by atoms with Gasteiger partial charge in [-0.25, -0.2) is 0 Å². The van der Waals surface area contributed by atoms with Crippen molar-refractivity contribution in [2.45, 2.75) is 13.2 Å². The van der Waals surface area contributed by atoms with Gasteiger partial charge in [0.1, 0.15) is 0 Å². The van der Waals surface area contributed by atoms with Gasteiger partial charge in [-0.2, -0.15) is 0 Å². The molecule has 1 aromatic rings. The van der Waals surface area contributed by atoms with Crippen molar-refractivity contribution >= 4 is 0 Å². The lowest BCUT2D eigenvalue weighted by atomic mass is 10.1. The number of morpholine rings is 1. The molecule has 16 heavy (non-hydrogen) atoms. The topological polar surface area (TPSA) is 21.7 Å². The molecule has 3 nitrogen and oxygen atoms in total. The van der Waals surface area contributed by atoms with Crippen LogP contribution in [0.1, 0.15) is 11.1 Å². The Morgan fingerprint density at radius 3 is 2.38 bits per heavy atom. The van der Waals surface area contributed by atoms with Crippen LogP contribution in [-0.2, 0) is 22.6 Å². The predicted octanol–water partition coefficient (Wildman–Crippen LogP) is 1.67. The number of benzene rings is 1. The first-order chi connectivity index (χ1) is 7.88. The highest BCUT2D eigenvalue weighted by Crippen LogP contribution is 2.09. The van der Waals surface area contributed by atoms with Crippen molar-refractivity contribution in [3.05, 3.63) is 35.4 Å². The van der Waals surface area contributed by atoms with Crippen molar-refractivity contribution in [1.29, 1.82) is 0 Å². The Labute approximate surface area is 97.0 Å². The maximum atomic E-state index is 5.33. The highest BCUT2D eigenvalue weighted by molar-refractivity contribution is 5.22. The number of rotatable bonds is 4. The molecule has 0 aliphatic carbocycles. The summed E-state index contributed by atoms with van der Waals surface area (Å²) >= 11 is 0. The van der Waals surface area contributed by atoms with Crippen LogP contribution < -0.4 is 0 Å². The molecule has 3 heteroatoms. The minimum absolute atomic E-state index is 0.692. The molecule has 0 atom stereocenters. The van der Waals surface area contributed by atoms with Crippen molar-refractivity contribution in [2.24, 2.45) is 0 Å². The van der Waals surface area contributed by atoms with Crippen LogP contribution in [0.5, 0.6) is 0 Å².